The van der Waals surface area contributed by atoms with E-state index >= 15 is 0 Å². The third-order valence-corrected chi connectivity index (χ3v) is 5.14. The van der Waals surface area contributed by atoms with Crippen molar-refractivity contribution in [2.75, 3.05) is 0 Å². The molecule has 2 aromatic rings. The Bertz CT molecular complexity index is 545. The van der Waals surface area contributed by atoms with Crippen molar-refractivity contribution in [2.24, 2.45) is 0 Å². The molecule has 1 unspecified atom stereocenters. The van der Waals surface area contributed by atoms with Crippen molar-refractivity contribution >= 4 is 22.9 Å². The molecule has 0 aliphatic heterocycles. The van der Waals surface area contributed by atoms with Gasteiger partial charge < -0.3 is 5.11 Å². The van der Waals surface area contributed by atoms with E-state index in [1.54, 1.807) is 0 Å². The number of halogens is 1. The van der Waals surface area contributed by atoms with Crippen LogP contribution in [0.3, 0.4) is 0 Å². The summed E-state index contributed by atoms with van der Waals surface area (Å²) in [7, 11) is 0. The van der Waals surface area contributed by atoms with Gasteiger partial charge in [0.2, 0.25) is 0 Å². The van der Waals surface area contributed by atoms with Crippen molar-refractivity contribution in [3.8, 4) is 0 Å². The van der Waals surface area contributed by atoms with Gasteiger partial charge in [0.1, 0.15) is 6.10 Å². The molecule has 0 bridgehead atoms. The molecule has 0 amide bonds. The zero-order valence-corrected chi connectivity index (χ0v) is 11.5. The van der Waals surface area contributed by atoms with Crippen molar-refractivity contribution < 1.29 is 5.11 Å². The lowest BCUT2D eigenvalue weighted by Crippen LogP contribution is -2.13. The van der Waals surface area contributed by atoms with Crippen molar-refractivity contribution in [2.45, 2.75) is 31.3 Å². The first-order valence-corrected chi connectivity index (χ1v) is 7.53. The fourth-order valence-corrected chi connectivity index (χ4v) is 3.65. The first kappa shape index (κ1) is 12.2. The molecule has 1 nitrogen and oxygen atoms in total. The number of benzene rings is 1. The second-order valence-electron chi connectivity index (χ2n) is 4.79. The molecular weight excluding hydrogens is 264 g/mol. The summed E-state index contributed by atoms with van der Waals surface area (Å²) < 4.78 is 0. The van der Waals surface area contributed by atoms with Crippen LogP contribution in [-0.2, 0) is 0 Å². The van der Waals surface area contributed by atoms with E-state index in [-0.39, 0.29) is 0 Å². The Morgan fingerprint density at radius 2 is 2.00 bits per heavy atom. The van der Waals surface area contributed by atoms with Crippen molar-refractivity contribution in [1.82, 2.24) is 0 Å². The van der Waals surface area contributed by atoms with E-state index < -0.39 is 6.10 Å². The van der Waals surface area contributed by atoms with E-state index in [1.807, 2.05) is 23.6 Å². The zero-order chi connectivity index (χ0) is 12.5. The van der Waals surface area contributed by atoms with Gasteiger partial charge in [0.05, 0.1) is 9.90 Å². The highest BCUT2D eigenvalue weighted by Crippen LogP contribution is 2.42. The standard InChI is InChI=1S/C15H15ClOS/c16-13-8-9-18-15(13)14(17)12-7-2-1-6-11(12)10-4-3-5-10/h1-2,6-10,14,17H,3-5H2. The van der Waals surface area contributed by atoms with Crippen molar-refractivity contribution in [3.63, 3.8) is 0 Å². The average molecular weight is 279 g/mol. The molecule has 1 aromatic heterocycles. The maximum absolute atomic E-state index is 10.5. The van der Waals surface area contributed by atoms with Crippen molar-refractivity contribution in [3.05, 3.63) is 56.7 Å². The minimum atomic E-state index is -0.589. The molecule has 0 spiro atoms. The molecule has 1 atom stereocenters. The van der Waals surface area contributed by atoms with Crippen LogP contribution in [0.1, 0.15) is 47.3 Å². The minimum absolute atomic E-state index is 0.589. The Morgan fingerprint density at radius 1 is 1.22 bits per heavy atom. The number of hydrogen-bond donors (Lipinski definition) is 1. The normalized spacial score (nSPS) is 17.4. The zero-order valence-electron chi connectivity index (χ0n) is 9.97. The fourth-order valence-electron chi connectivity index (χ4n) is 2.49. The fraction of sp³-hybridized carbons (Fsp3) is 0.333. The van der Waals surface area contributed by atoms with Crippen molar-refractivity contribution in [1.29, 1.82) is 0 Å². The Morgan fingerprint density at radius 3 is 2.61 bits per heavy atom. The summed E-state index contributed by atoms with van der Waals surface area (Å²) in [5, 5.41) is 13.1. The molecule has 1 fully saturated rings. The first-order chi connectivity index (χ1) is 8.77. The number of thiophene rings is 1. The van der Waals surface area contributed by atoms with E-state index in [2.05, 4.69) is 12.1 Å². The van der Waals surface area contributed by atoms with Gasteiger partial charge in [-0.05, 0) is 41.3 Å². The summed E-state index contributed by atoms with van der Waals surface area (Å²) in [5.41, 5.74) is 2.31. The lowest BCUT2D eigenvalue weighted by molar-refractivity contribution is 0.221. The quantitative estimate of drug-likeness (QED) is 0.859. The monoisotopic (exact) mass is 278 g/mol. The Kier molecular flexibility index (Phi) is 3.42. The highest BCUT2D eigenvalue weighted by atomic mass is 35.5. The van der Waals surface area contributed by atoms with Crippen LogP contribution >= 0.6 is 22.9 Å². The average Bonchev–Trinajstić information content (AvgIpc) is 2.73. The molecular formula is C15H15ClOS. The number of rotatable bonds is 3. The van der Waals surface area contributed by atoms with Crippen LogP contribution in [0.4, 0.5) is 0 Å². The SMILES string of the molecule is OC(c1ccccc1C1CCC1)c1sccc1Cl. The molecule has 3 heteroatoms. The second-order valence-corrected chi connectivity index (χ2v) is 6.15. The number of aliphatic hydroxyl groups excluding tert-OH is 1. The molecule has 1 aliphatic rings. The topological polar surface area (TPSA) is 20.2 Å². The van der Waals surface area contributed by atoms with E-state index in [9.17, 15) is 5.11 Å². The van der Waals surface area contributed by atoms with Crippen LogP contribution in [0, 0.1) is 0 Å². The highest BCUT2D eigenvalue weighted by Gasteiger charge is 2.25. The van der Waals surface area contributed by atoms with Crippen LogP contribution in [0.15, 0.2) is 35.7 Å². The largest absolute Gasteiger partial charge is 0.383 e. The summed E-state index contributed by atoms with van der Waals surface area (Å²) in [4.78, 5) is 0.850. The van der Waals surface area contributed by atoms with Gasteiger partial charge in [0, 0.05) is 0 Å². The van der Waals surface area contributed by atoms with E-state index in [4.69, 9.17) is 11.6 Å². The lowest BCUT2D eigenvalue weighted by Gasteiger charge is -2.29. The maximum atomic E-state index is 10.5. The van der Waals surface area contributed by atoms with Crippen LogP contribution in [0.25, 0.3) is 0 Å². The molecule has 1 aliphatic carbocycles. The Hall–Kier alpha value is -0.830. The van der Waals surface area contributed by atoms with Gasteiger partial charge in [-0.3, -0.25) is 0 Å². The molecule has 18 heavy (non-hydrogen) atoms. The molecule has 0 radical (unpaired) electrons. The van der Waals surface area contributed by atoms with Gasteiger partial charge in [-0.2, -0.15) is 0 Å². The van der Waals surface area contributed by atoms with Gasteiger partial charge in [0.25, 0.3) is 0 Å². The lowest BCUT2D eigenvalue weighted by atomic mass is 9.77. The molecule has 94 valence electrons. The van der Waals surface area contributed by atoms with Crippen LogP contribution in [0.2, 0.25) is 5.02 Å². The minimum Gasteiger partial charge on any atom is -0.383 e. The highest BCUT2D eigenvalue weighted by molar-refractivity contribution is 7.10. The van der Waals surface area contributed by atoms with Crippen LogP contribution < -0.4 is 0 Å². The molecule has 1 saturated carbocycles. The summed E-state index contributed by atoms with van der Waals surface area (Å²) in [6.07, 6.45) is 3.19. The van der Waals surface area contributed by atoms with E-state index in [1.165, 1.54) is 36.2 Å². The molecule has 0 saturated heterocycles. The smallest absolute Gasteiger partial charge is 0.115 e. The summed E-state index contributed by atoms with van der Waals surface area (Å²) >= 11 is 7.63. The Balaban J connectivity index is 1.98. The van der Waals surface area contributed by atoms with Gasteiger partial charge in [0.15, 0.2) is 0 Å². The predicted octanol–water partition coefficient (Wildman–Crippen LogP) is 4.75. The van der Waals surface area contributed by atoms with Gasteiger partial charge in [-0.15, -0.1) is 11.3 Å². The summed E-state index contributed by atoms with van der Waals surface area (Å²) in [6.45, 7) is 0. The molecule has 3 rings (SSSR count). The number of hydrogen-bond acceptors (Lipinski definition) is 2. The van der Waals surface area contributed by atoms with E-state index in [0.29, 0.717) is 10.9 Å². The molecule has 1 N–H and O–H groups in total. The number of aliphatic hydroxyl groups is 1. The second kappa shape index (κ2) is 5.04. The van der Waals surface area contributed by atoms with E-state index in [0.717, 1.165) is 10.4 Å². The summed E-state index contributed by atoms with van der Waals surface area (Å²) in [6, 6.07) is 10.1. The Labute approximate surface area is 116 Å². The van der Waals surface area contributed by atoms with Gasteiger partial charge >= 0.3 is 0 Å². The molecule has 1 heterocycles. The van der Waals surface area contributed by atoms with Gasteiger partial charge in [-0.25, -0.2) is 0 Å². The predicted molar refractivity (Wildman–Crippen MR) is 76.4 cm³/mol. The van der Waals surface area contributed by atoms with Gasteiger partial charge in [-0.1, -0.05) is 42.3 Å². The van der Waals surface area contributed by atoms with Crippen LogP contribution in [-0.4, -0.2) is 5.11 Å². The first-order valence-electron chi connectivity index (χ1n) is 6.27. The van der Waals surface area contributed by atoms with Crippen LogP contribution in [0.5, 0.6) is 0 Å². The summed E-state index contributed by atoms with van der Waals surface area (Å²) in [5.74, 6) is 0.620. The third kappa shape index (κ3) is 2.09. The maximum Gasteiger partial charge on any atom is 0.115 e. The third-order valence-electron chi connectivity index (χ3n) is 3.73. The molecule has 1 aromatic carbocycles.